The number of ether oxygens (including phenoxy) is 4. The van der Waals surface area contributed by atoms with Crippen LogP contribution in [0.1, 0.15) is 13.8 Å². The number of hydrogen-bond donors (Lipinski definition) is 2. The van der Waals surface area contributed by atoms with Crippen molar-refractivity contribution in [3.05, 3.63) is 0 Å². The van der Waals surface area contributed by atoms with Crippen molar-refractivity contribution >= 4 is 0 Å². The molecule has 3 N–H and O–H groups in total. The molecule has 2 fully saturated rings. The summed E-state index contributed by atoms with van der Waals surface area (Å²) in [5, 5.41) is 9.75. The molecule has 0 radical (unpaired) electrons. The highest BCUT2D eigenvalue weighted by Crippen LogP contribution is 2.31. The minimum atomic E-state index is -0.831. The first-order valence-electron chi connectivity index (χ1n) is 5.38. The van der Waals surface area contributed by atoms with Gasteiger partial charge in [-0.15, -0.1) is 0 Å². The highest BCUT2D eigenvalue weighted by molar-refractivity contribution is 4.96. The van der Waals surface area contributed by atoms with Gasteiger partial charge in [0.25, 0.3) is 0 Å². The van der Waals surface area contributed by atoms with E-state index in [0.29, 0.717) is 6.61 Å². The summed E-state index contributed by atoms with van der Waals surface area (Å²) in [7, 11) is 1.47. The van der Waals surface area contributed by atoms with Crippen molar-refractivity contribution in [3.63, 3.8) is 0 Å². The maximum Gasteiger partial charge on any atom is 0.185 e. The molecule has 0 amide bonds. The molecule has 2 saturated heterocycles. The molecule has 2 heterocycles. The van der Waals surface area contributed by atoms with Crippen LogP contribution in [0.5, 0.6) is 0 Å². The van der Waals surface area contributed by atoms with E-state index in [1.54, 1.807) is 0 Å². The van der Waals surface area contributed by atoms with E-state index >= 15 is 0 Å². The van der Waals surface area contributed by atoms with E-state index in [-0.39, 0.29) is 6.10 Å². The summed E-state index contributed by atoms with van der Waals surface area (Å²) in [5.74, 6) is -0.621. The van der Waals surface area contributed by atoms with Crippen molar-refractivity contribution in [2.45, 2.75) is 50.3 Å². The summed E-state index contributed by atoms with van der Waals surface area (Å²) in [6.45, 7) is 4.07. The molecule has 0 aromatic heterocycles. The van der Waals surface area contributed by atoms with Gasteiger partial charge in [0.15, 0.2) is 12.1 Å². The van der Waals surface area contributed by atoms with Gasteiger partial charge in [-0.3, -0.25) is 0 Å². The van der Waals surface area contributed by atoms with Crippen LogP contribution in [0.2, 0.25) is 0 Å². The smallest absolute Gasteiger partial charge is 0.185 e. The second-order valence-electron chi connectivity index (χ2n) is 4.64. The van der Waals surface area contributed by atoms with E-state index in [2.05, 4.69) is 0 Å². The molecule has 6 heteroatoms. The molecule has 5 atom stereocenters. The lowest BCUT2D eigenvalue weighted by Gasteiger charge is -2.22. The minimum absolute atomic E-state index is 0.264. The number of nitrogens with two attached hydrogens (primary N) is 1. The zero-order chi connectivity index (χ0) is 11.9. The second-order valence-corrected chi connectivity index (χ2v) is 4.64. The van der Waals surface area contributed by atoms with Gasteiger partial charge in [-0.1, -0.05) is 0 Å². The SMILES string of the molecule is CO[C@H]1O[C@H]([C@H]2COC(C)(C)O2)[C@@H](N)[C@H]1O. The first-order chi connectivity index (χ1) is 7.44. The van der Waals surface area contributed by atoms with E-state index in [0.717, 1.165) is 0 Å². The zero-order valence-electron chi connectivity index (χ0n) is 9.75. The van der Waals surface area contributed by atoms with Crippen LogP contribution in [0.25, 0.3) is 0 Å². The Labute approximate surface area is 94.6 Å². The molecule has 0 saturated carbocycles. The van der Waals surface area contributed by atoms with E-state index in [1.165, 1.54) is 7.11 Å². The lowest BCUT2D eigenvalue weighted by molar-refractivity contribution is -0.183. The van der Waals surface area contributed by atoms with Crippen LogP contribution in [0.3, 0.4) is 0 Å². The zero-order valence-corrected chi connectivity index (χ0v) is 9.75. The van der Waals surface area contributed by atoms with E-state index < -0.39 is 30.3 Å². The quantitative estimate of drug-likeness (QED) is 0.649. The topological polar surface area (TPSA) is 83.2 Å². The van der Waals surface area contributed by atoms with Gasteiger partial charge in [0.05, 0.1) is 12.6 Å². The maximum absolute atomic E-state index is 9.75. The van der Waals surface area contributed by atoms with E-state index in [1.807, 2.05) is 13.8 Å². The van der Waals surface area contributed by atoms with Crippen molar-refractivity contribution in [2.24, 2.45) is 5.73 Å². The molecular weight excluding hydrogens is 214 g/mol. The third-order valence-electron chi connectivity index (χ3n) is 2.97. The van der Waals surface area contributed by atoms with Gasteiger partial charge in [-0.05, 0) is 13.8 Å². The average Bonchev–Trinajstić information content (AvgIpc) is 2.70. The Kier molecular flexibility index (Phi) is 3.22. The van der Waals surface area contributed by atoms with Crippen LogP contribution in [0.15, 0.2) is 0 Å². The number of aliphatic hydroxyl groups is 1. The summed E-state index contributed by atoms with van der Waals surface area (Å²) in [4.78, 5) is 0. The van der Waals surface area contributed by atoms with Gasteiger partial charge in [0.2, 0.25) is 0 Å². The molecule has 2 aliphatic rings. The Bertz CT molecular complexity index is 260. The highest BCUT2D eigenvalue weighted by atomic mass is 16.8. The Balaban J connectivity index is 2.01. The van der Waals surface area contributed by atoms with Gasteiger partial charge >= 0.3 is 0 Å². The number of methoxy groups -OCH3 is 1. The maximum atomic E-state index is 9.75. The van der Waals surface area contributed by atoms with Gasteiger partial charge in [0.1, 0.15) is 18.3 Å². The third kappa shape index (κ3) is 2.09. The van der Waals surface area contributed by atoms with Crippen LogP contribution in [-0.2, 0) is 18.9 Å². The van der Waals surface area contributed by atoms with Crippen molar-refractivity contribution in [1.82, 2.24) is 0 Å². The van der Waals surface area contributed by atoms with Gasteiger partial charge < -0.3 is 29.8 Å². The molecule has 94 valence electrons. The number of hydrogen-bond acceptors (Lipinski definition) is 6. The third-order valence-corrected chi connectivity index (χ3v) is 2.97. The molecule has 0 bridgehead atoms. The molecule has 2 rings (SSSR count). The van der Waals surface area contributed by atoms with Gasteiger partial charge in [-0.25, -0.2) is 0 Å². The monoisotopic (exact) mass is 233 g/mol. The van der Waals surface area contributed by atoms with Gasteiger partial charge in [-0.2, -0.15) is 0 Å². The molecule has 0 spiro atoms. The molecule has 2 aliphatic heterocycles. The molecule has 0 aliphatic carbocycles. The fraction of sp³-hybridized carbons (Fsp3) is 1.00. The highest BCUT2D eigenvalue weighted by Gasteiger charge is 2.49. The Morgan fingerprint density at radius 1 is 1.44 bits per heavy atom. The standard InChI is InChI=1S/C10H19NO5/c1-10(2)14-4-5(16-10)8-6(11)7(12)9(13-3)15-8/h5-9,12H,4,11H2,1-3H3/t5-,6+,7-,8-,9+/m1/s1. The van der Waals surface area contributed by atoms with Gasteiger partial charge in [0, 0.05) is 7.11 Å². The second kappa shape index (κ2) is 4.21. The van der Waals surface area contributed by atoms with E-state index in [4.69, 9.17) is 24.7 Å². The van der Waals surface area contributed by atoms with Crippen LogP contribution in [0.4, 0.5) is 0 Å². The van der Waals surface area contributed by atoms with Crippen LogP contribution < -0.4 is 5.73 Å². The summed E-state index contributed by atoms with van der Waals surface area (Å²) in [5.41, 5.74) is 5.87. The number of aliphatic hydroxyl groups excluding tert-OH is 1. The summed E-state index contributed by atoms with van der Waals surface area (Å²) in [6.07, 6.45) is -2.18. The normalized spacial score (nSPS) is 47.4. The first kappa shape index (κ1) is 12.2. The largest absolute Gasteiger partial charge is 0.386 e. The number of rotatable bonds is 2. The minimum Gasteiger partial charge on any atom is -0.386 e. The predicted molar refractivity (Wildman–Crippen MR) is 54.6 cm³/mol. The fourth-order valence-electron chi connectivity index (χ4n) is 2.11. The molecule has 0 aromatic rings. The first-order valence-corrected chi connectivity index (χ1v) is 5.38. The van der Waals surface area contributed by atoms with Crippen molar-refractivity contribution in [3.8, 4) is 0 Å². The molecule has 6 nitrogen and oxygen atoms in total. The Morgan fingerprint density at radius 3 is 2.56 bits per heavy atom. The van der Waals surface area contributed by atoms with Crippen molar-refractivity contribution in [1.29, 1.82) is 0 Å². The summed E-state index contributed by atoms with van der Waals surface area (Å²) < 4.78 is 21.6. The van der Waals surface area contributed by atoms with Crippen molar-refractivity contribution in [2.75, 3.05) is 13.7 Å². The molecule has 0 unspecified atom stereocenters. The molecular formula is C10H19NO5. The Morgan fingerprint density at radius 2 is 2.12 bits per heavy atom. The fourth-order valence-corrected chi connectivity index (χ4v) is 2.11. The van der Waals surface area contributed by atoms with Crippen LogP contribution >= 0.6 is 0 Å². The van der Waals surface area contributed by atoms with Crippen LogP contribution in [-0.4, -0.2) is 55.3 Å². The lowest BCUT2D eigenvalue weighted by Crippen LogP contribution is -2.46. The Hall–Kier alpha value is -0.240. The summed E-state index contributed by atoms with van der Waals surface area (Å²) >= 11 is 0. The lowest BCUT2D eigenvalue weighted by atomic mass is 10.0. The predicted octanol–water partition coefficient (Wildman–Crippen LogP) is -0.803. The molecule has 16 heavy (non-hydrogen) atoms. The summed E-state index contributed by atoms with van der Waals surface area (Å²) in [6, 6.07) is -0.521. The average molecular weight is 233 g/mol. The van der Waals surface area contributed by atoms with Crippen molar-refractivity contribution < 1.29 is 24.1 Å². The molecule has 0 aromatic carbocycles. The van der Waals surface area contributed by atoms with Crippen LogP contribution in [0, 0.1) is 0 Å². The van der Waals surface area contributed by atoms with E-state index in [9.17, 15) is 5.11 Å².